The predicted octanol–water partition coefficient (Wildman–Crippen LogP) is 3.10. The standard InChI is InChI=1S/C10H9ClO/c1-2-4-8-5-3-6-9(7-8)10(11)12/h2-7H,1H3. The van der Waals surface area contributed by atoms with Crippen LogP contribution in [0.4, 0.5) is 0 Å². The van der Waals surface area contributed by atoms with E-state index < -0.39 is 5.24 Å². The molecule has 1 nitrogen and oxygen atoms in total. The second kappa shape index (κ2) is 4.07. The normalized spacial score (nSPS) is 10.5. The summed E-state index contributed by atoms with van der Waals surface area (Å²) in [6.07, 6.45) is 3.83. The highest BCUT2D eigenvalue weighted by Crippen LogP contribution is 2.09. The molecule has 0 heterocycles. The molecule has 0 bridgehead atoms. The molecule has 0 aliphatic carbocycles. The van der Waals surface area contributed by atoms with Crippen molar-refractivity contribution in [3.05, 3.63) is 41.5 Å². The van der Waals surface area contributed by atoms with E-state index in [4.69, 9.17) is 11.6 Å². The topological polar surface area (TPSA) is 17.1 Å². The molecule has 0 aliphatic rings. The van der Waals surface area contributed by atoms with E-state index in [2.05, 4.69) is 0 Å². The van der Waals surface area contributed by atoms with E-state index in [9.17, 15) is 4.79 Å². The van der Waals surface area contributed by atoms with Crippen molar-refractivity contribution in [1.82, 2.24) is 0 Å². The minimum Gasteiger partial charge on any atom is -0.276 e. The smallest absolute Gasteiger partial charge is 0.252 e. The number of halogens is 1. The van der Waals surface area contributed by atoms with E-state index in [1.165, 1.54) is 0 Å². The van der Waals surface area contributed by atoms with Crippen LogP contribution in [0.1, 0.15) is 22.8 Å². The fourth-order valence-corrected chi connectivity index (χ4v) is 1.07. The summed E-state index contributed by atoms with van der Waals surface area (Å²) in [6, 6.07) is 7.19. The van der Waals surface area contributed by atoms with Crippen LogP contribution in [-0.4, -0.2) is 5.24 Å². The molecular weight excluding hydrogens is 172 g/mol. The summed E-state index contributed by atoms with van der Waals surface area (Å²) in [7, 11) is 0. The number of hydrogen-bond donors (Lipinski definition) is 0. The quantitative estimate of drug-likeness (QED) is 0.640. The third kappa shape index (κ3) is 2.21. The first-order valence-electron chi connectivity index (χ1n) is 3.66. The van der Waals surface area contributed by atoms with Gasteiger partial charge >= 0.3 is 0 Å². The molecule has 0 aliphatic heterocycles. The van der Waals surface area contributed by atoms with Gasteiger partial charge in [-0.15, -0.1) is 0 Å². The average molecular weight is 181 g/mol. The first kappa shape index (κ1) is 9.01. The van der Waals surface area contributed by atoms with Crippen LogP contribution in [0, 0.1) is 0 Å². The van der Waals surface area contributed by atoms with E-state index in [0.717, 1.165) is 5.56 Å². The van der Waals surface area contributed by atoms with Crippen LogP contribution in [0.3, 0.4) is 0 Å². The summed E-state index contributed by atoms with van der Waals surface area (Å²) >= 11 is 5.31. The molecule has 0 saturated carbocycles. The van der Waals surface area contributed by atoms with E-state index in [-0.39, 0.29) is 0 Å². The maximum Gasteiger partial charge on any atom is 0.252 e. The third-order valence-electron chi connectivity index (χ3n) is 1.47. The van der Waals surface area contributed by atoms with Crippen molar-refractivity contribution < 1.29 is 4.79 Å². The van der Waals surface area contributed by atoms with Gasteiger partial charge in [-0.3, -0.25) is 4.79 Å². The maximum atomic E-state index is 10.7. The summed E-state index contributed by atoms with van der Waals surface area (Å²) in [6.45, 7) is 1.93. The number of hydrogen-bond acceptors (Lipinski definition) is 1. The third-order valence-corrected chi connectivity index (χ3v) is 1.69. The molecule has 0 saturated heterocycles. The van der Waals surface area contributed by atoms with Crippen LogP contribution in [0.2, 0.25) is 0 Å². The highest BCUT2D eigenvalue weighted by Gasteiger charge is 1.99. The Labute approximate surface area is 76.7 Å². The van der Waals surface area contributed by atoms with Crippen molar-refractivity contribution in [2.45, 2.75) is 6.92 Å². The maximum absolute atomic E-state index is 10.7. The van der Waals surface area contributed by atoms with Gasteiger partial charge in [-0.25, -0.2) is 0 Å². The largest absolute Gasteiger partial charge is 0.276 e. The molecule has 1 aromatic rings. The monoisotopic (exact) mass is 180 g/mol. The zero-order valence-electron chi connectivity index (χ0n) is 6.75. The number of carbonyl (C=O) groups excluding carboxylic acids is 1. The van der Waals surface area contributed by atoms with Gasteiger partial charge in [0, 0.05) is 5.56 Å². The van der Waals surface area contributed by atoms with Crippen LogP contribution >= 0.6 is 11.6 Å². The number of allylic oxidation sites excluding steroid dienone is 1. The molecule has 2 heteroatoms. The summed E-state index contributed by atoms with van der Waals surface area (Å²) in [5.74, 6) is 0. The van der Waals surface area contributed by atoms with Crippen molar-refractivity contribution in [3.8, 4) is 0 Å². The van der Waals surface area contributed by atoms with Crippen LogP contribution in [0.25, 0.3) is 6.08 Å². The number of carbonyl (C=O) groups is 1. The zero-order valence-corrected chi connectivity index (χ0v) is 7.51. The highest BCUT2D eigenvalue weighted by atomic mass is 35.5. The predicted molar refractivity (Wildman–Crippen MR) is 51.3 cm³/mol. The lowest BCUT2D eigenvalue weighted by atomic mass is 10.1. The molecule has 0 unspecified atom stereocenters. The molecule has 0 radical (unpaired) electrons. The molecule has 0 aromatic heterocycles. The van der Waals surface area contributed by atoms with Gasteiger partial charge in [-0.05, 0) is 30.2 Å². The Balaban J connectivity index is 3.03. The highest BCUT2D eigenvalue weighted by molar-refractivity contribution is 6.67. The van der Waals surface area contributed by atoms with Gasteiger partial charge in [0.05, 0.1) is 0 Å². The van der Waals surface area contributed by atoms with Gasteiger partial charge in [0.2, 0.25) is 0 Å². The molecule has 1 rings (SSSR count). The lowest BCUT2D eigenvalue weighted by molar-refractivity contribution is 0.108. The Morgan fingerprint density at radius 2 is 2.25 bits per heavy atom. The van der Waals surface area contributed by atoms with Crippen molar-refractivity contribution in [3.63, 3.8) is 0 Å². The van der Waals surface area contributed by atoms with Gasteiger partial charge in [-0.1, -0.05) is 30.4 Å². The number of benzene rings is 1. The van der Waals surface area contributed by atoms with Gasteiger partial charge in [-0.2, -0.15) is 0 Å². The summed E-state index contributed by atoms with van der Waals surface area (Å²) in [5.41, 5.74) is 1.52. The minimum atomic E-state index is -0.415. The van der Waals surface area contributed by atoms with Crippen LogP contribution in [0.15, 0.2) is 30.3 Å². The summed E-state index contributed by atoms with van der Waals surface area (Å²) < 4.78 is 0. The zero-order chi connectivity index (χ0) is 8.97. The molecule has 0 amide bonds. The average Bonchev–Trinajstić information content (AvgIpc) is 2.05. The van der Waals surface area contributed by atoms with Crippen molar-refractivity contribution in [1.29, 1.82) is 0 Å². The van der Waals surface area contributed by atoms with Crippen molar-refractivity contribution in [2.75, 3.05) is 0 Å². The first-order valence-corrected chi connectivity index (χ1v) is 4.04. The Kier molecular flexibility index (Phi) is 3.06. The van der Waals surface area contributed by atoms with Crippen molar-refractivity contribution >= 4 is 22.9 Å². The molecule has 0 atom stereocenters. The van der Waals surface area contributed by atoms with E-state index >= 15 is 0 Å². The lowest BCUT2D eigenvalue weighted by Crippen LogP contribution is -1.87. The Bertz CT molecular complexity index is 315. The molecule has 12 heavy (non-hydrogen) atoms. The minimum absolute atomic E-state index is 0.415. The SMILES string of the molecule is CC=Cc1cccc(C(=O)Cl)c1. The van der Waals surface area contributed by atoms with Gasteiger partial charge in [0.1, 0.15) is 0 Å². The van der Waals surface area contributed by atoms with Crippen LogP contribution in [0.5, 0.6) is 0 Å². The van der Waals surface area contributed by atoms with E-state index in [1.807, 2.05) is 31.2 Å². The van der Waals surface area contributed by atoms with E-state index in [1.54, 1.807) is 12.1 Å². The first-order chi connectivity index (χ1) is 5.74. The molecule has 0 N–H and O–H groups in total. The molecule has 62 valence electrons. The number of rotatable bonds is 2. The lowest BCUT2D eigenvalue weighted by Gasteiger charge is -1.95. The van der Waals surface area contributed by atoms with E-state index in [0.29, 0.717) is 5.56 Å². The Morgan fingerprint density at radius 1 is 1.50 bits per heavy atom. The van der Waals surface area contributed by atoms with Crippen LogP contribution in [-0.2, 0) is 0 Å². The molecule has 0 fully saturated rings. The summed E-state index contributed by atoms with van der Waals surface area (Å²) in [4.78, 5) is 10.7. The fraction of sp³-hybridized carbons (Fsp3) is 0.100. The van der Waals surface area contributed by atoms with Gasteiger partial charge in [0.15, 0.2) is 0 Å². The van der Waals surface area contributed by atoms with Crippen LogP contribution < -0.4 is 0 Å². The summed E-state index contributed by atoms with van der Waals surface area (Å²) in [5, 5.41) is -0.415. The molecular formula is C10H9ClO. The Hall–Kier alpha value is -1.08. The Morgan fingerprint density at radius 3 is 2.83 bits per heavy atom. The molecule has 0 spiro atoms. The second-order valence-corrected chi connectivity index (χ2v) is 2.74. The second-order valence-electron chi connectivity index (χ2n) is 2.40. The van der Waals surface area contributed by atoms with Gasteiger partial charge < -0.3 is 0 Å². The van der Waals surface area contributed by atoms with Crippen molar-refractivity contribution in [2.24, 2.45) is 0 Å². The van der Waals surface area contributed by atoms with Gasteiger partial charge in [0.25, 0.3) is 5.24 Å². The fourth-order valence-electron chi connectivity index (χ4n) is 0.957. The molecule has 1 aromatic carbocycles.